The van der Waals surface area contributed by atoms with Crippen molar-refractivity contribution in [1.82, 2.24) is 20.1 Å². The van der Waals surface area contributed by atoms with Crippen molar-refractivity contribution in [3.8, 4) is 10.6 Å². The van der Waals surface area contributed by atoms with E-state index in [9.17, 15) is 9.59 Å². The van der Waals surface area contributed by atoms with Crippen LogP contribution in [-0.2, 0) is 18.3 Å². The Hall–Kier alpha value is -3.46. The second kappa shape index (κ2) is 7.75. The summed E-state index contributed by atoms with van der Waals surface area (Å²) < 4.78 is 12.0. The molecule has 0 fully saturated rings. The number of pyridine rings is 1. The highest BCUT2D eigenvalue weighted by Gasteiger charge is 2.21. The van der Waals surface area contributed by atoms with Crippen LogP contribution in [0.3, 0.4) is 0 Å². The molecule has 8 nitrogen and oxygen atoms in total. The highest BCUT2D eigenvalue weighted by Crippen LogP contribution is 2.29. The van der Waals surface area contributed by atoms with Crippen LogP contribution in [0.1, 0.15) is 37.9 Å². The van der Waals surface area contributed by atoms with Crippen molar-refractivity contribution < 1.29 is 18.7 Å². The summed E-state index contributed by atoms with van der Waals surface area (Å²) in [5.41, 5.74) is 2.92. The van der Waals surface area contributed by atoms with Crippen molar-refractivity contribution >= 4 is 34.2 Å². The Kier molecular flexibility index (Phi) is 5.13. The zero-order valence-electron chi connectivity index (χ0n) is 17.0. The Labute approximate surface area is 176 Å². The SMILES string of the molecule is COC(=O)c1cc(CNC(=O)c2cc(-c3cccs3)nc3c2c(C)nn3C)oc1C. The molecule has 0 saturated carbocycles. The summed E-state index contributed by atoms with van der Waals surface area (Å²) in [6.07, 6.45) is 0. The first-order chi connectivity index (χ1) is 14.4. The van der Waals surface area contributed by atoms with Gasteiger partial charge in [-0.05, 0) is 37.4 Å². The molecule has 1 N–H and O–H groups in total. The van der Waals surface area contributed by atoms with Crippen LogP contribution in [-0.4, -0.2) is 33.8 Å². The zero-order chi connectivity index (χ0) is 21.4. The lowest BCUT2D eigenvalue weighted by atomic mass is 10.1. The van der Waals surface area contributed by atoms with Gasteiger partial charge in [-0.25, -0.2) is 9.78 Å². The van der Waals surface area contributed by atoms with E-state index in [2.05, 4.69) is 10.4 Å². The molecule has 0 aromatic carbocycles. The Balaban J connectivity index is 1.67. The van der Waals surface area contributed by atoms with Crippen molar-refractivity contribution in [2.24, 2.45) is 7.05 Å². The van der Waals surface area contributed by atoms with Crippen molar-refractivity contribution in [2.45, 2.75) is 20.4 Å². The van der Waals surface area contributed by atoms with Gasteiger partial charge in [-0.3, -0.25) is 9.48 Å². The Morgan fingerprint density at radius 2 is 2.07 bits per heavy atom. The lowest BCUT2D eigenvalue weighted by molar-refractivity contribution is 0.0598. The van der Waals surface area contributed by atoms with Crippen LogP contribution < -0.4 is 5.32 Å². The third-order valence-corrected chi connectivity index (χ3v) is 5.68. The summed E-state index contributed by atoms with van der Waals surface area (Å²) in [5, 5.41) is 9.97. The number of rotatable bonds is 5. The number of hydrogen-bond acceptors (Lipinski definition) is 7. The van der Waals surface area contributed by atoms with E-state index in [4.69, 9.17) is 14.1 Å². The van der Waals surface area contributed by atoms with E-state index in [0.29, 0.717) is 39.4 Å². The normalized spacial score (nSPS) is 11.1. The van der Waals surface area contributed by atoms with E-state index in [0.717, 1.165) is 10.6 Å². The molecule has 4 heterocycles. The first-order valence-electron chi connectivity index (χ1n) is 9.23. The van der Waals surface area contributed by atoms with Gasteiger partial charge >= 0.3 is 5.97 Å². The fraction of sp³-hybridized carbons (Fsp3) is 0.238. The smallest absolute Gasteiger partial charge is 0.341 e. The first-order valence-corrected chi connectivity index (χ1v) is 10.1. The fourth-order valence-corrected chi connectivity index (χ4v) is 4.07. The van der Waals surface area contributed by atoms with Crippen LogP contribution in [0.25, 0.3) is 21.6 Å². The van der Waals surface area contributed by atoms with Gasteiger partial charge in [0.05, 0.1) is 40.9 Å². The van der Waals surface area contributed by atoms with Gasteiger partial charge in [0.1, 0.15) is 17.1 Å². The number of aryl methyl sites for hydroxylation is 3. The summed E-state index contributed by atoms with van der Waals surface area (Å²) in [5.74, 6) is 0.162. The minimum Gasteiger partial charge on any atom is -0.465 e. The molecular formula is C21H20N4O4S. The zero-order valence-corrected chi connectivity index (χ0v) is 17.8. The predicted octanol–water partition coefficient (Wildman–Crippen LogP) is 3.62. The maximum atomic E-state index is 13.1. The second-order valence-corrected chi connectivity index (χ2v) is 7.74. The molecule has 0 unspecified atom stereocenters. The molecule has 9 heteroatoms. The Morgan fingerprint density at radius 3 is 2.77 bits per heavy atom. The van der Waals surface area contributed by atoms with E-state index < -0.39 is 5.97 Å². The van der Waals surface area contributed by atoms with E-state index in [1.165, 1.54) is 7.11 Å². The summed E-state index contributed by atoms with van der Waals surface area (Å²) in [7, 11) is 3.12. The Morgan fingerprint density at radius 1 is 1.27 bits per heavy atom. The van der Waals surface area contributed by atoms with Crippen LogP contribution >= 0.6 is 11.3 Å². The average Bonchev–Trinajstić information content (AvgIpc) is 3.45. The van der Waals surface area contributed by atoms with E-state index in [1.807, 2.05) is 31.5 Å². The third-order valence-electron chi connectivity index (χ3n) is 4.78. The maximum Gasteiger partial charge on any atom is 0.341 e. The monoisotopic (exact) mass is 424 g/mol. The molecule has 1 amide bonds. The predicted molar refractivity (Wildman–Crippen MR) is 113 cm³/mol. The summed E-state index contributed by atoms with van der Waals surface area (Å²) in [6.45, 7) is 3.66. The summed E-state index contributed by atoms with van der Waals surface area (Å²) >= 11 is 1.55. The molecule has 4 aromatic rings. The first kappa shape index (κ1) is 19.8. The minimum absolute atomic E-state index is 0.133. The van der Waals surface area contributed by atoms with Gasteiger partial charge in [0.2, 0.25) is 0 Å². The number of amides is 1. The maximum absolute atomic E-state index is 13.1. The minimum atomic E-state index is -0.476. The van der Waals surface area contributed by atoms with E-state index in [-0.39, 0.29) is 12.5 Å². The second-order valence-electron chi connectivity index (χ2n) is 6.80. The highest BCUT2D eigenvalue weighted by atomic mass is 32.1. The fourth-order valence-electron chi connectivity index (χ4n) is 3.38. The number of thiophene rings is 1. The number of methoxy groups -OCH3 is 1. The van der Waals surface area contributed by atoms with E-state index >= 15 is 0 Å². The van der Waals surface area contributed by atoms with Crippen molar-refractivity contribution in [3.63, 3.8) is 0 Å². The van der Waals surface area contributed by atoms with Gasteiger partial charge < -0.3 is 14.5 Å². The number of esters is 1. The number of fused-ring (bicyclic) bond motifs is 1. The molecule has 0 aliphatic carbocycles. The van der Waals surface area contributed by atoms with Gasteiger partial charge in [-0.1, -0.05) is 6.07 Å². The van der Waals surface area contributed by atoms with Gasteiger partial charge in [-0.2, -0.15) is 5.10 Å². The Bertz CT molecular complexity index is 1250. The van der Waals surface area contributed by atoms with Crippen LogP contribution in [0.5, 0.6) is 0 Å². The van der Waals surface area contributed by atoms with Crippen molar-refractivity contribution in [1.29, 1.82) is 0 Å². The van der Waals surface area contributed by atoms with Crippen LogP contribution in [0, 0.1) is 13.8 Å². The average molecular weight is 424 g/mol. The number of nitrogens with one attached hydrogen (secondary N) is 1. The summed E-state index contributed by atoms with van der Waals surface area (Å²) in [4.78, 5) is 30.5. The van der Waals surface area contributed by atoms with Crippen LogP contribution in [0.4, 0.5) is 0 Å². The number of carbonyl (C=O) groups is 2. The van der Waals surface area contributed by atoms with Crippen LogP contribution in [0.2, 0.25) is 0 Å². The number of ether oxygens (including phenoxy) is 1. The quantitative estimate of drug-likeness (QED) is 0.491. The molecule has 0 aliphatic rings. The molecule has 4 rings (SSSR count). The molecule has 4 aromatic heterocycles. The van der Waals surface area contributed by atoms with Crippen LogP contribution in [0.15, 0.2) is 34.1 Å². The number of furan rings is 1. The lowest BCUT2D eigenvalue weighted by Gasteiger charge is -2.08. The molecule has 0 saturated heterocycles. The molecular weight excluding hydrogens is 404 g/mol. The standard InChI is InChI=1S/C21H20N4O4S/c1-11-18-15(9-16(17-6-5-7-30-17)23-19(18)25(3)24-11)20(26)22-10-13-8-14(12(2)29-13)21(27)28-4/h5-9H,10H2,1-4H3,(H,22,26). The van der Waals surface area contributed by atoms with E-state index in [1.54, 1.807) is 35.1 Å². The number of aromatic nitrogens is 3. The third kappa shape index (κ3) is 3.48. The van der Waals surface area contributed by atoms with Gasteiger partial charge in [0, 0.05) is 7.05 Å². The number of nitrogens with zero attached hydrogens (tertiary/aromatic N) is 3. The van der Waals surface area contributed by atoms with Crippen molar-refractivity contribution in [2.75, 3.05) is 7.11 Å². The van der Waals surface area contributed by atoms with Gasteiger partial charge in [-0.15, -0.1) is 11.3 Å². The molecule has 0 atom stereocenters. The topological polar surface area (TPSA) is 99.2 Å². The lowest BCUT2D eigenvalue weighted by Crippen LogP contribution is -2.23. The van der Waals surface area contributed by atoms with Gasteiger partial charge in [0.15, 0.2) is 5.65 Å². The molecule has 0 bridgehead atoms. The molecule has 0 spiro atoms. The largest absolute Gasteiger partial charge is 0.465 e. The van der Waals surface area contributed by atoms with Gasteiger partial charge in [0.25, 0.3) is 5.91 Å². The molecule has 154 valence electrons. The highest BCUT2D eigenvalue weighted by molar-refractivity contribution is 7.13. The summed E-state index contributed by atoms with van der Waals surface area (Å²) in [6, 6.07) is 7.27. The molecule has 30 heavy (non-hydrogen) atoms. The molecule has 0 aliphatic heterocycles. The van der Waals surface area contributed by atoms with Crippen molar-refractivity contribution in [3.05, 3.63) is 58.0 Å². The molecule has 0 radical (unpaired) electrons. The number of carbonyl (C=O) groups excluding carboxylic acids is 2. The number of hydrogen-bond donors (Lipinski definition) is 1.